The van der Waals surface area contributed by atoms with Crippen LogP contribution in [0.5, 0.6) is 5.75 Å². The van der Waals surface area contributed by atoms with Gasteiger partial charge in [-0.25, -0.2) is 9.59 Å². The average Bonchev–Trinajstić information content (AvgIpc) is 2.77. The number of carbonyl (C=O) groups is 2. The van der Waals surface area contributed by atoms with Crippen LogP contribution < -0.4 is 4.74 Å². The van der Waals surface area contributed by atoms with Gasteiger partial charge >= 0.3 is 11.9 Å². The third kappa shape index (κ3) is 1.87. The molecule has 2 aromatic carbocycles. The van der Waals surface area contributed by atoms with E-state index >= 15 is 0 Å². The molecule has 0 radical (unpaired) electrons. The number of fused-ring (bicyclic) bond motifs is 1. The molecule has 0 aliphatic carbocycles. The first-order valence-corrected chi connectivity index (χ1v) is 6.03. The molecule has 0 unspecified atom stereocenters. The first kappa shape index (κ1) is 12.2. The third-order valence-corrected chi connectivity index (χ3v) is 3.09. The lowest BCUT2D eigenvalue weighted by molar-refractivity contribution is -0.131. The Bertz CT molecular complexity index is 729. The summed E-state index contributed by atoms with van der Waals surface area (Å²) in [7, 11) is 0. The maximum absolute atomic E-state index is 12.0. The summed E-state index contributed by atoms with van der Waals surface area (Å²) in [5, 5.41) is 9.46. The van der Waals surface area contributed by atoms with Crippen molar-refractivity contribution in [3.05, 3.63) is 65.7 Å². The second-order valence-electron chi connectivity index (χ2n) is 4.31. The van der Waals surface area contributed by atoms with E-state index in [2.05, 4.69) is 0 Å². The molecule has 1 aliphatic rings. The fraction of sp³-hybridized carbons (Fsp3) is 0. The molecular weight excluding hydrogens is 256 g/mol. The van der Waals surface area contributed by atoms with Crippen LogP contribution in [0.3, 0.4) is 0 Å². The number of esters is 1. The Kier molecular flexibility index (Phi) is 2.84. The van der Waals surface area contributed by atoms with Gasteiger partial charge in [0.25, 0.3) is 0 Å². The van der Waals surface area contributed by atoms with E-state index in [4.69, 9.17) is 4.74 Å². The Hall–Kier alpha value is -2.88. The number of carbonyl (C=O) groups excluding carboxylic acids is 1. The SMILES string of the molecule is O=C(O)C(=C1C(=O)Oc2ccccc21)c1ccccc1. The van der Waals surface area contributed by atoms with Crippen molar-refractivity contribution in [1.29, 1.82) is 0 Å². The van der Waals surface area contributed by atoms with Gasteiger partial charge in [-0.2, -0.15) is 0 Å². The Balaban J connectivity index is 2.30. The van der Waals surface area contributed by atoms with Crippen molar-refractivity contribution in [2.75, 3.05) is 0 Å². The van der Waals surface area contributed by atoms with Crippen LogP contribution in [0.4, 0.5) is 0 Å². The fourth-order valence-electron chi connectivity index (χ4n) is 2.24. The van der Waals surface area contributed by atoms with Gasteiger partial charge < -0.3 is 9.84 Å². The molecule has 0 bridgehead atoms. The summed E-state index contributed by atoms with van der Waals surface area (Å²) in [6, 6.07) is 15.4. The smallest absolute Gasteiger partial charge is 0.345 e. The lowest BCUT2D eigenvalue weighted by Crippen LogP contribution is -2.09. The molecular formula is C16H10O4. The largest absolute Gasteiger partial charge is 0.478 e. The molecule has 2 aromatic rings. The summed E-state index contributed by atoms with van der Waals surface area (Å²) in [6.45, 7) is 0. The Morgan fingerprint density at radius 1 is 0.950 bits per heavy atom. The number of carboxylic acid groups (broad SMARTS) is 1. The molecule has 20 heavy (non-hydrogen) atoms. The second-order valence-corrected chi connectivity index (χ2v) is 4.31. The number of rotatable bonds is 2. The van der Waals surface area contributed by atoms with E-state index < -0.39 is 11.9 Å². The highest BCUT2D eigenvalue weighted by atomic mass is 16.5. The number of hydrogen-bond acceptors (Lipinski definition) is 3. The van der Waals surface area contributed by atoms with E-state index in [0.29, 0.717) is 16.9 Å². The predicted octanol–water partition coefficient (Wildman–Crippen LogP) is 2.60. The van der Waals surface area contributed by atoms with Gasteiger partial charge in [-0.05, 0) is 11.6 Å². The molecule has 1 N–H and O–H groups in total. The molecule has 4 nitrogen and oxygen atoms in total. The van der Waals surface area contributed by atoms with Crippen molar-refractivity contribution in [3.8, 4) is 5.75 Å². The molecule has 98 valence electrons. The zero-order valence-corrected chi connectivity index (χ0v) is 10.4. The number of benzene rings is 2. The van der Waals surface area contributed by atoms with Crippen molar-refractivity contribution in [2.24, 2.45) is 0 Å². The molecule has 4 heteroatoms. The highest BCUT2D eigenvalue weighted by Crippen LogP contribution is 2.38. The van der Waals surface area contributed by atoms with Crippen LogP contribution in [0.15, 0.2) is 54.6 Å². The molecule has 3 rings (SSSR count). The van der Waals surface area contributed by atoms with Crippen LogP contribution in [0, 0.1) is 0 Å². The lowest BCUT2D eigenvalue weighted by atomic mass is 9.95. The zero-order chi connectivity index (χ0) is 14.1. The molecule has 0 aromatic heterocycles. The van der Waals surface area contributed by atoms with Crippen molar-refractivity contribution in [1.82, 2.24) is 0 Å². The quantitative estimate of drug-likeness (QED) is 0.515. The average molecular weight is 266 g/mol. The first-order chi connectivity index (χ1) is 9.68. The normalized spacial score (nSPS) is 15.5. The molecule has 0 fully saturated rings. The van der Waals surface area contributed by atoms with Crippen molar-refractivity contribution in [2.45, 2.75) is 0 Å². The number of para-hydroxylation sites is 1. The molecule has 0 saturated carbocycles. The number of ether oxygens (including phenoxy) is 1. The van der Waals surface area contributed by atoms with Gasteiger partial charge in [0.05, 0.1) is 11.1 Å². The summed E-state index contributed by atoms with van der Waals surface area (Å²) in [4.78, 5) is 23.6. The molecule has 0 saturated heterocycles. The minimum Gasteiger partial charge on any atom is -0.478 e. The van der Waals surface area contributed by atoms with Gasteiger partial charge in [0.1, 0.15) is 5.75 Å². The second kappa shape index (κ2) is 4.66. The van der Waals surface area contributed by atoms with Crippen molar-refractivity contribution < 1.29 is 19.4 Å². The van der Waals surface area contributed by atoms with Gasteiger partial charge in [0.15, 0.2) is 0 Å². The van der Waals surface area contributed by atoms with E-state index in [0.717, 1.165) is 0 Å². The third-order valence-electron chi connectivity index (χ3n) is 3.09. The summed E-state index contributed by atoms with van der Waals surface area (Å²) < 4.78 is 5.11. The Labute approximate surface area is 114 Å². The van der Waals surface area contributed by atoms with E-state index in [1.165, 1.54) is 0 Å². The van der Waals surface area contributed by atoms with Crippen molar-refractivity contribution >= 4 is 23.1 Å². The van der Waals surface area contributed by atoms with E-state index in [1.807, 2.05) is 0 Å². The highest BCUT2D eigenvalue weighted by Gasteiger charge is 2.32. The molecule has 1 aliphatic heterocycles. The summed E-state index contributed by atoms with van der Waals surface area (Å²) in [5.74, 6) is -1.39. The van der Waals surface area contributed by atoms with Crippen LogP contribution in [0.25, 0.3) is 11.1 Å². The van der Waals surface area contributed by atoms with Crippen molar-refractivity contribution in [3.63, 3.8) is 0 Å². The van der Waals surface area contributed by atoms with Gasteiger partial charge in [-0.1, -0.05) is 48.5 Å². The topological polar surface area (TPSA) is 63.6 Å². The molecule has 0 spiro atoms. The molecule has 0 amide bonds. The zero-order valence-electron chi connectivity index (χ0n) is 10.4. The van der Waals surface area contributed by atoms with E-state index in [-0.39, 0.29) is 11.1 Å². The van der Waals surface area contributed by atoms with Crippen LogP contribution in [-0.2, 0) is 9.59 Å². The fourth-order valence-corrected chi connectivity index (χ4v) is 2.24. The van der Waals surface area contributed by atoms with Crippen LogP contribution in [-0.4, -0.2) is 17.0 Å². The first-order valence-electron chi connectivity index (χ1n) is 6.03. The molecule has 1 heterocycles. The van der Waals surface area contributed by atoms with Gasteiger partial charge in [0, 0.05) is 5.56 Å². The predicted molar refractivity (Wildman–Crippen MR) is 73.0 cm³/mol. The number of aliphatic carboxylic acids is 1. The maximum Gasteiger partial charge on any atom is 0.345 e. The van der Waals surface area contributed by atoms with Gasteiger partial charge in [-0.15, -0.1) is 0 Å². The maximum atomic E-state index is 12.0. The van der Waals surface area contributed by atoms with E-state index in [1.54, 1.807) is 54.6 Å². The summed E-state index contributed by atoms with van der Waals surface area (Å²) in [6.07, 6.45) is 0. The highest BCUT2D eigenvalue weighted by molar-refractivity contribution is 6.39. The van der Waals surface area contributed by atoms with Gasteiger partial charge in [-0.3, -0.25) is 0 Å². The Morgan fingerprint density at radius 2 is 1.60 bits per heavy atom. The van der Waals surface area contributed by atoms with Gasteiger partial charge in [0.2, 0.25) is 0 Å². The minimum atomic E-state index is -1.15. The standard InChI is InChI=1S/C16H10O4/c17-15(18)13(10-6-2-1-3-7-10)14-11-8-4-5-9-12(11)20-16(14)19/h1-9H,(H,17,18). The molecule has 0 atom stereocenters. The van der Waals surface area contributed by atoms with Crippen LogP contribution >= 0.6 is 0 Å². The van der Waals surface area contributed by atoms with E-state index in [9.17, 15) is 14.7 Å². The summed E-state index contributed by atoms with van der Waals surface area (Å²) in [5.41, 5.74) is 1.04. The van der Waals surface area contributed by atoms with Crippen LogP contribution in [0.2, 0.25) is 0 Å². The summed E-state index contributed by atoms with van der Waals surface area (Å²) >= 11 is 0. The van der Waals surface area contributed by atoms with Crippen LogP contribution in [0.1, 0.15) is 11.1 Å². The monoisotopic (exact) mass is 266 g/mol. The lowest BCUT2D eigenvalue weighted by Gasteiger charge is -2.05. The number of hydrogen-bond donors (Lipinski definition) is 1. The Morgan fingerprint density at radius 3 is 2.30 bits per heavy atom. The number of carboxylic acids is 1. The minimum absolute atomic E-state index is 0.0412.